The maximum absolute atomic E-state index is 9.52. The molecule has 1 atom stereocenters. The molecule has 1 unspecified atom stereocenters. The van der Waals surface area contributed by atoms with E-state index in [-0.39, 0.29) is 0 Å². The van der Waals surface area contributed by atoms with Crippen LogP contribution >= 0.6 is 0 Å². The van der Waals surface area contributed by atoms with Crippen molar-refractivity contribution in [3.05, 3.63) is 0 Å². The molecule has 1 N–H and O–H groups in total. The maximum Gasteiger partial charge on any atom is 0.0665 e. The lowest BCUT2D eigenvalue weighted by Gasteiger charge is -2.03. The SMILES string of the molecule is CCONS(=O)[O-]. The van der Waals surface area contributed by atoms with E-state index in [0.717, 1.165) is 0 Å². The first-order chi connectivity index (χ1) is 3.27. The van der Waals surface area contributed by atoms with Crippen LogP contribution in [0.2, 0.25) is 0 Å². The summed E-state index contributed by atoms with van der Waals surface area (Å²) < 4.78 is 19.0. The van der Waals surface area contributed by atoms with Gasteiger partial charge in [0, 0.05) is 11.3 Å². The molecule has 0 saturated carbocycles. The first-order valence-electron chi connectivity index (χ1n) is 1.74. The number of nitrogens with one attached hydrogen (secondary N) is 1. The molecule has 7 heavy (non-hydrogen) atoms. The molecule has 0 aliphatic carbocycles. The van der Waals surface area contributed by atoms with Crippen molar-refractivity contribution in [1.82, 2.24) is 4.89 Å². The molecule has 0 radical (unpaired) electrons. The van der Waals surface area contributed by atoms with Crippen LogP contribution in [0.3, 0.4) is 0 Å². The molecule has 0 rings (SSSR count). The summed E-state index contributed by atoms with van der Waals surface area (Å²) in [5.74, 6) is 0. The lowest BCUT2D eigenvalue weighted by molar-refractivity contribution is 0.103. The van der Waals surface area contributed by atoms with E-state index in [9.17, 15) is 8.76 Å². The normalized spacial score (nSPS) is 14.0. The highest BCUT2D eigenvalue weighted by Crippen LogP contribution is 1.63. The van der Waals surface area contributed by atoms with Gasteiger partial charge in [0.1, 0.15) is 0 Å². The molecule has 0 bridgehead atoms. The Morgan fingerprint density at radius 1 is 2.00 bits per heavy atom. The van der Waals surface area contributed by atoms with Gasteiger partial charge < -0.3 is 4.55 Å². The van der Waals surface area contributed by atoms with E-state index in [0.29, 0.717) is 6.61 Å². The largest absolute Gasteiger partial charge is 0.758 e. The van der Waals surface area contributed by atoms with Gasteiger partial charge in [0.25, 0.3) is 0 Å². The van der Waals surface area contributed by atoms with Crippen molar-refractivity contribution in [3.63, 3.8) is 0 Å². The van der Waals surface area contributed by atoms with Crippen LogP contribution in [-0.2, 0) is 16.1 Å². The molecule has 4 nitrogen and oxygen atoms in total. The molecule has 0 saturated heterocycles. The molecular formula is C2H6NO3S-. The summed E-state index contributed by atoms with van der Waals surface area (Å²) >= 11 is -2.29. The van der Waals surface area contributed by atoms with Crippen molar-refractivity contribution < 1.29 is 13.6 Å². The molecule has 0 heterocycles. The second kappa shape index (κ2) is 4.20. The van der Waals surface area contributed by atoms with Gasteiger partial charge in [-0.25, -0.2) is 0 Å². The summed E-state index contributed by atoms with van der Waals surface area (Å²) in [4.78, 5) is 5.94. The predicted octanol–water partition coefficient (Wildman–Crippen LogP) is -0.678. The third kappa shape index (κ3) is 6.03. The fraction of sp³-hybridized carbons (Fsp3) is 1.00. The van der Waals surface area contributed by atoms with Crippen LogP contribution in [0.4, 0.5) is 0 Å². The summed E-state index contributed by atoms with van der Waals surface area (Å²) in [6.45, 7) is 2.02. The molecule has 0 aromatic rings. The van der Waals surface area contributed by atoms with Gasteiger partial charge in [-0.15, -0.1) is 4.89 Å². The minimum absolute atomic E-state index is 0.341. The van der Waals surface area contributed by atoms with E-state index in [4.69, 9.17) is 0 Å². The molecular weight excluding hydrogens is 118 g/mol. The third-order valence-electron chi connectivity index (χ3n) is 0.271. The van der Waals surface area contributed by atoms with Gasteiger partial charge in [-0.2, -0.15) is 0 Å². The summed E-state index contributed by atoms with van der Waals surface area (Å²) in [6, 6.07) is 0. The van der Waals surface area contributed by atoms with E-state index in [2.05, 4.69) is 4.84 Å². The van der Waals surface area contributed by atoms with Crippen molar-refractivity contribution in [3.8, 4) is 0 Å². The lowest BCUT2D eigenvalue weighted by Crippen LogP contribution is -2.16. The Kier molecular flexibility index (Phi) is 4.21. The molecule has 44 valence electrons. The number of hydrogen-bond donors (Lipinski definition) is 1. The van der Waals surface area contributed by atoms with Gasteiger partial charge in [-0.1, -0.05) is 0 Å². The fourth-order valence-electron chi connectivity index (χ4n) is 0.107. The standard InChI is InChI=1S/C2H7NO3S/c1-2-6-3-7(4)5/h3H,2H2,1H3,(H,4,5)/p-1. The Bertz CT molecular complexity index is 66.0. The van der Waals surface area contributed by atoms with Crippen LogP contribution in [0.5, 0.6) is 0 Å². The predicted molar refractivity (Wildman–Crippen MR) is 23.7 cm³/mol. The Morgan fingerprint density at radius 3 is 2.71 bits per heavy atom. The van der Waals surface area contributed by atoms with Crippen molar-refractivity contribution >= 4 is 11.3 Å². The molecule has 0 aromatic heterocycles. The first-order valence-corrected chi connectivity index (χ1v) is 2.81. The van der Waals surface area contributed by atoms with Gasteiger partial charge in [-0.3, -0.25) is 9.05 Å². The minimum atomic E-state index is -2.29. The summed E-state index contributed by atoms with van der Waals surface area (Å²) in [6.07, 6.45) is 0. The van der Waals surface area contributed by atoms with Gasteiger partial charge >= 0.3 is 0 Å². The van der Waals surface area contributed by atoms with Crippen LogP contribution in [0.15, 0.2) is 0 Å². The lowest BCUT2D eigenvalue weighted by atomic mass is 10.9. The summed E-state index contributed by atoms with van der Waals surface area (Å²) in [5.41, 5.74) is 0. The molecule has 5 heteroatoms. The highest BCUT2D eigenvalue weighted by atomic mass is 32.2. The molecule has 0 aliphatic rings. The Hall–Kier alpha value is 0.0300. The molecule has 0 spiro atoms. The second-order valence-electron chi connectivity index (χ2n) is 0.751. The van der Waals surface area contributed by atoms with E-state index >= 15 is 0 Å². The zero-order chi connectivity index (χ0) is 5.70. The Labute approximate surface area is 44.2 Å². The summed E-state index contributed by atoms with van der Waals surface area (Å²) in [5, 5.41) is 0. The highest BCUT2D eigenvalue weighted by molar-refractivity contribution is 7.76. The van der Waals surface area contributed by atoms with Crippen molar-refractivity contribution in [2.24, 2.45) is 0 Å². The van der Waals surface area contributed by atoms with E-state index in [1.165, 1.54) is 0 Å². The van der Waals surface area contributed by atoms with Crippen LogP contribution in [-0.4, -0.2) is 15.4 Å². The maximum atomic E-state index is 9.52. The van der Waals surface area contributed by atoms with Gasteiger partial charge in [0.2, 0.25) is 0 Å². The Balaban J connectivity index is 2.82. The monoisotopic (exact) mass is 124 g/mol. The number of hydrogen-bond acceptors (Lipinski definition) is 3. The van der Waals surface area contributed by atoms with Crippen LogP contribution in [0, 0.1) is 0 Å². The van der Waals surface area contributed by atoms with Crippen molar-refractivity contribution in [1.29, 1.82) is 0 Å². The van der Waals surface area contributed by atoms with Gasteiger partial charge in [-0.05, 0) is 6.92 Å². The quantitative estimate of drug-likeness (QED) is 0.400. The zero-order valence-corrected chi connectivity index (χ0v) is 4.66. The Morgan fingerprint density at radius 2 is 2.57 bits per heavy atom. The van der Waals surface area contributed by atoms with E-state index in [1.54, 1.807) is 11.8 Å². The van der Waals surface area contributed by atoms with Crippen LogP contribution < -0.4 is 4.89 Å². The fourth-order valence-corrected chi connectivity index (χ4v) is 0.321. The molecule has 0 fully saturated rings. The molecule has 0 aliphatic heterocycles. The average molecular weight is 124 g/mol. The average Bonchev–Trinajstić information content (AvgIpc) is 1.61. The molecule has 0 amide bonds. The molecule has 0 aromatic carbocycles. The smallest absolute Gasteiger partial charge is 0.0665 e. The van der Waals surface area contributed by atoms with Crippen molar-refractivity contribution in [2.75, 3.05) is 6.61 Å². The second-order valence-corrected chi connectivity index (χ2v) is 1.39. The van der Waals surface area contributed by atoms with Crippen LogP contribution in [0.1, 0.15) is 6.92 Å². The minimum Gasteiger partial charge on any atom is -0.758 e. The van der Waals surface area contributed by atoms with Crippen molar-refractivity contribution in [2.45, 2.75) is 6.92 Å². The zero-order valence-electron chi connectivity index (χ0n) is 3.84. The van der Waals surface area contributed by atoms with E-state index < -0.39 is 11.3 Å². The first kappa shape index (κ1) is 7.03. The van der Waals surface area contributed by atoms with Gasteiger partial charge in [0.05, 0.1) is 6.61 Å². The van der Waals surface area contributed by atoms with Gasteiger partial charge in [0.15, 0.2) is 0 Å². The summed E-state index contributed by atoms with van der Waals surface area (Å²) in [7, 11) is 0. The topological polar surface area (TPSA) is 61.4 Å². The third-order valence-corrected chi connectivity index (χ3v) is 0.525. The number of rotatable bonds is 3. The van der Waals surface area contributed by atoms with E-state index in [1.807, 2.05) is 0 Å². The van der Waals surface area contributed by atoms with Crippen LogP contribution in [0.25, 0.3) is 0 Å². The highest BCUT2D eigenvalue weighted by Gasteiger charge is 1.74.